The van der Waals surface area contributed by atoms with Gasteiger partial charge in [-0.2, -0.15) is 0 Å². The molecule has 0 bridgehead atoms. The molecule has 0 aliphatic heterocycles. The second-order valence-corrected chi connectivity index (χ2v) is 3.86. The standard InChI is InChI=1S/C4H9OPS/c1-3-6(5)4-7-2/h4H,3H2,1-2H3. The van der Waals surface area contributed by atoms with Crippen molar-refractivity contribution in [3.8, 4) is 0 Å². The van der Waals surface area contributed by atoms with E-state index in [9.17, 15) is 4.89 Å². The third-order valence-corrected chi connectivity index (χ3v) is 2.94. The van der Waals surface area contributed by atoms with Crippen molar-refractivity contribution in [3.63, 3.8) is 0 Å². The van der Waals surface area contributed by atoms with Gasteiger partial charge in [0.1, 0.15) is 11.3 Å². The Labute approximate surface area is 49.6 Å². The van der Waals surface area contributed by atoms with Crippen LogP contribution in [-0.2, 0) is 0 Å². The van der Waals surface area contributed by atoms with Crippen LogP contribution in [0.15, 0.2) is 0 Å². The maximum atomic E-state index is 10.5. The molecule has 1 unspecified atom stereocenters. The van der Waals surface area contributed by atoms with E-state index in [-0.39, 0.29) is 0 Å². The molecule has 0 aromatic heterocycles. The van der Waals surface area contributed by atoms with Crippen molar-refractivity contribution >= 4 is 24.7 Å². The van der Waals surface area contributed by atoms with E-state index in [1.165, 1.54) is 11.8 Å². The highest BCUT2D eigenvalue weighted by molar-refractivity contribution is 8.16. The highest BCUT2D eigenvalue weighted by Crippen LogP contribution is 2.09. The summed E-state index contributed by atoms with van der Waals surface area (Å²) >= 11 is 1.53. The molecule has 0 N–H and O–H groups in total. The maximum absolute atomic E-state index is 10.5. The number of hydrogen-bond acceptors (Lipinski definition) is 2. The van der Waals surface area contributed by atoms with Crippen molar-refractivity contribution in [1.82, 2.24) is 0 Å². The van der Waals surface area contributed by atoms with Crippen LogP contribution < -0.4 is 4.89 Å². The van der Waals surface area contributed by atoms with Gasteiger partial charge in [0, 0.05) is 0 Å². The zero-order valence-electron chi connectivity index (χ0n) is 4.55. The fraction of sp³-hybridized carbons (Fsp3) is 0.750. The fourth-order valence-corrected chi connectivity index (χ4v) is 1.73. The number of rotatable bonds is 2. The average molecular weight is 136 g/mol. The van der Waals surface area contributed by atoms with E-state index in [4.69, 9.17) is 0 Å². The molecule has 0 saturated carbocycles. The van der Waals surface area contributed by atoms with Gasteiger partial charge in [-0.1, -0.05) is 11.8 Å². The van der Waals surface area contributed by atoms with Crippen molar-refractivity contribution in [1.29, 1.82) is 0 Å². The zero-order chi connectivity index (χ0) is 5.70. The van der Waals surface area contributed by atoms with Crippen molar-refractivity contribution in [2.75, 3.05) is 12.4 Å². The van der Waals surface area contributed by atoms with Crippen LogP contribution >= 0.6 is 19.5 Å². The van der Waals surface area contributed by atoms with Crippen LogP contribution in [0.3, 0.4) is 0 Å². The molecule has 0 aliphatic carbocycles. The van der Waals surface area contributed by atoms with Gasteiger partial charge in [0.05, 0.1) is 7.77 Å². The van der Waals surface area contributed by atoms with Gasteiger partial charge in [-0.15, -0.1) is 0 Å². The summed E-state index contributed by atoms with van der Waals surface area (Å²) < 4.78 is 0. The highest BCUT2D eigenvalue weighted by atomic mass is 32.2. The summed E-state index contributed by atoms with van der Waals surface area (Å²) in [6.45, 7) is 1.92. The van der Waals surface area contributed by atoms with Crippen LogP contribution in [0.25, 0.3) is 0 Å². The first-order valence-electron chi connectivity index (χ1n) is 2.11. The first-order chi connectivity index (χ1) is 3.31. The minimum absolute atomic E-state index is 0.774. The molecule has 0 radical (unpaired) electrons. The van der Waals surface area contributed by atoms with Gasteiger partial charge in [-0.25, -0.2) is 0 Å². The smallest absolute Gasteiger partial charge is 0.137 e. The topological polar surface area (TPSA) is 23.1 Å². The van der Waals surface area contributed by atoms with Crippen molar-refractivity contribution in [2.45, 2.75) is 6.92 Å². The van der Waals surface area contributed by atoms with E-state index in [1.54, 1.807) is 5.13 Å². The van der Waals surface area contributed by atoms with Crippen molar-refractivity contribution < 1.29 is 4.89 Å². The first-order valence-corrected chi connectivity index (χ1v) is 4.91. The fourth-order valence-electron chi connectivity index (χ4n) is 0.192. The summed E-state index contributed by atoms with van der Waals surface area (Å²) in [5.41, 5.74) is 0. The average Bonchev–Trinajstić information content (AvgIpc) is 1.68. The van der Waals surface area contributed by atoms with E-state index in [1.807, 2.05) is 13.2 Å². The van der Waals surface area contributed by atoms with Gasteiger partial charge in [0.2, 0.25) is 0 Å². The van der Waals surface area contributed by atoms with E-state index in [2.05, 4.69) is 0 Å². The van der Waals surface area contributed by atoms with Crippen LogP contribution in [0.2, 0.25) is 0 Å². The molecular formula is C4H9OPS. The Kier molecular flexibility index (Phi) is 4.95. The molecule has 0 aromatic rings. The van der Waals surface area contributed by atoms with Crippen LogP contribution in [0, 0.1) is 0 Å². The molecule has 0 rings (SSSR count). The summed E-state index contributed by atoms with van der Waals surface area (Å²) in [7, 11) is -0.990. The lowest BCUT2D eigenvalue weighted by atomic mass is 11.0. The Morgan fingerprint density at radius 3 is 2.57 bits per heavy atom. The summed E-state index contributed by atoms with van der Waals surface area (Å²) in [6.07, 6.45) is 2.69. The van der Waals surface area contributed by atoms with Gasteiger partial charge >= 0.3 is 0 Å². The summed E-state index contributed by atoms with van der Waals surface area (Å²) in [5.74, 6) is 0. The first kappa shape index (κ1) is 7.48. The van der Waals surface area contributed by atoms with Gasteiger partial charge < -0.3 is 4.89 Å². The Bertz CT molecular complexity index is 72.1. The van der Waals surface area contributed by atoms with Crippen LogP contribution in [0.4, 0.5) is 0 Å². The lowest BCUT2D eigenvalue weighted by molar-refractivity contribution is -0.152. The molecule has 1 atom stereocenters. The molecule has 3 heteroatoms. The summed E-state index contributed by atoms with van der Waals surface area (Å²) in [6, 6.07) is 0. The largest absolute Gasteiger partial charge is 0.630 e. The lowest BCUT2D eigenvalue weighted by Gasteiger charge is -1.87. The molecule has 0 fully saturated rings. The number of hydrogen-bond donors (Lipinski definition) is 0. The Hall–Kier alpha value is 0.480. The number of thioether (sulfide) groups is 1. The minimum atomic E-state index is -0.990. The Balaban J connectivity index is 3.29. The predicted molar refractivity (Wildman–Crippen MR) is 37.0 cm³/mol. The Morgan fingerprint density at radius 1 is 1.86 bits per heavy atom. The van der Waals surface area contributed by atoms with E-state index in [0.717, 1.165) is 6.16 Å². The quantitative estimate of drug-likeness (QED) is 0.526. The van der Waals surface area contributed by atoms with Crippen LogP contribution in [0.5, 0.6) is 0 Å². The molecule has 0 saturated heterocycles. The van der Waals surface area contributed by atoms with Crippen LogP contribution in [0.1, 0.15) is 6.92 Å². The summed E-state index contributed by atoms with van der Waals surface area (Å²) in [4.78, 5) is 10.5. The molecule has 1 nitrogen and oxygen atoms in total. The SMILES string of the molecule is CC[P+]([O-])=CSC. The molecule has 7 heavy (non-hydrogen) atoms. The molecule has 42 valence electrons. The zero-order valence-corrected chi connectivity index (χ0v) is 6.26. The van der Waals surface area contributed by atoms with Gasteiger partial charge in [-0.05, 0) is 13.2 Å². The van der Waals surface area contributed by atoms with Crippen molar-refractivity contribution in [2.24, 2.45) is 0 Å². The van der Waals surface area contributed by atoms with Crippen molar-refractivity contribution in [3.05, 3.63) is 0 Å². The van der Waals surface area contributed by atoms with E-state index < -0.39 is 7.77 Å². The molecule has 0 spiro atoms. The van der Waals surface area contributed by atoms with Gasteiger partial charge in [0.25, 0.3) is 0 Å². The monoisotopic (exact) mass is 136 g/mol. The highest BCUT2D eigenvalue weighted by Gasteiger charge is 1.83. The van der Waals surface area contributed by atoms with Crippen LogP contribution in [-0.4, -0.2) is 17.5 Å². The normalized spacial score (nSPS) is 12.1. The molecular weight excluding hydrogens is 127 g/mol. The Morgan fingerprint density at radius 2 is 2.43 bits per heavy atom. The molecule has 0 heterocycles. The third-order valence-electron chi connectivity index (χ3n) is 0.535. The summed E-state index contributed by atoms with van der Waals surface area (Å²) in [5, 5.41) is 1.77. The van der Waals surface area contributed by atoms with E-state index in [0.29, 0.717) is 0 Å². The second-order valence-electron chi connectivity index (χ2n) is 1.07. The molecule has 0 aliphatic rings. The minimum Gasteiger partial charge on any atom is -0.630 e. The molecule has 0 amide bonds. The third kappa shape index (κ3) is 4.33. The van der Waals surface area contributed by atoms with Gasteiger partial charge in [-0.3, -0.25) is 0 Å². The lowest BCUT2D eigenvalue weighted by Crippen LogP contribution is -1.88. The van der Waals surface area contributed by atoms with E-state index >= 15 is 0 Å². The van der Waals surface area contributed by atoms with Gasteiger partial charge in [0.15, 0.2) is 0 Å². The second kappa shape index (κ2) is 4.63. The predicted octanol–water partition coefficient (Wildman–Crippen LogP) is 0.886. The maximum Gasteiger partial charge on any atom is 0.137 e. The molecule has 0 aromatic carbocycles.